The van der Waals surface area contributed by atoms with Crippen LogP contribution in [0.3, 0.4) is 0 Å². The van der Waals surface area contributed by atoms with Crippen LogP contribution in [0.25, 0.3) is 0 Å². The van der Waals surface area contributed by atoms with Crippen LogP contribution in [0.4, 0.5) is 4.39 Å². The van der Waals surface area contributed by atoms with Crippen molar-refractivity contribution in [2.45, 2.75) is 44.4 Å². The molecule has 2 aromatic rings. The Hall–Kier alpha value is -2.53. The summed E-state index contributed by atoms with van der Waals surface area (Å²) in [7, 11) is 0. The number of halogens is 1. The van der Waals surface area contributed by atoms with Crippen LogP contribution in [-0.4, -0.2) is 33.7 Å². The van der Waals surface area contributed by atoms with Gasteiger partial charge in [0, 0.05) is 18.2 Å². The van der Waals surface area contributed by atoms with E-state index in [0.29, 0.717) is 18.7 Å². The number of hydrogen-bond donors (Lipinski definition) is 0. The number of likely N-dealkylation sites (tertiary alicyclic amines) is 1. The third-order valence-corrected chi connectivity index (χ3v) is 5.13. The van der Waals surface area contributed by atoms with Gasteiger partial charge in [-0.3, -0.25) is 19.4 Å². The molecular weight excluding hydrogens is 331 g/mol. The molecule has 0 spiro atoms. The summed E-state index contributed by atoms with van der Waals surface area (Å²) in [6.07, 6.45) is 2.16. The van der Waals surface area contributed by atoms with Gasteiger partial charge in [0.05, 0.1) is 19.0 Å². The van der Waals surface area contributed by atoms with E-state index >= 15 is 0 Å². The van der Waals surface area contributed by atoms with Crippen LogP contribution in [0.15, 0.2) is 54.6 Å². The highest BCUT2D eigenvalue weighted by Crippen LogP contribution is 2.34. The van der Waals surface area contributed by atoms with Crippen molar-refractivity contribution in [1.29, 1.82) is 0 Å². The van der Waals surface area contributed by atoms with Gasteiger partial charge in [-0.15, -0.1) is 0 Å². The van der Waals surface area contributed by atoms with Crippen molar-refractivity contribution >= 4 is 11.8 Å². The second kappa shape index (κ2) is 7.00. The lowest BCUT2D eigenvalue weighted by Gasteiger charge is -2.27. The summed E-state index contributed by atoms with van der Waals surface area (Å²) in [5.74, 6) is -0.582. The lowest BCUT2D eigenvalue weighted by atomic mass is 10.1. The molecule has 134 valence electrons. The number of benzene rings is 2. The van der Waals surface area contributed by atoms with Crippen molar-refractivity contribution in [2.75, 3.05) is 0 Å². The summed E-state index contributed by atoms with van der Waals surface area (Å²) in [5.41, 5.74) is 1.50. The molecule has 2 amide bonds. The molecule has 2 aromatic carbocycles. The van der Waals surface area contributed by atoms with Gasteiger partial charge in [-0.1, -0.05) is 48.5 Å². The Morgan fingerprint density at radius 2 is 1.69 bits per heavy atom. The van der Waals surface area contributed by atoms with Gasteiger partial charge in [0.1, 0.15) is 5.82 Å². The molecule has 1 atom stereocenters. The average molecular weight is 352 g/mol. The van der Waals surface area contributed by atoms with Crippen LogP contribution >= 0.6 is 0 Å². The number of carbonyl (C=O) groups excluding carboxylic acids is 2. The van der Waals surface area contributed by atoms with Gasteiger partial charge in [0.15, 0.2) is 0 Å². The zero-order valence-electron chi connectivity index (χ0n) is 14.5. The number of amides is 2. The van der Waals surface area contributed by atoms with Crippen LogP contribution in [0.2, 0.25) is 0 Å². The summed E-state index contributed by atoms with van der Waals surface area (Å²) in [5, 5.41) is 0. The van der Waals surface area contributed by atoms with Gasteiger partial charge < -0.3 is 0 Å². The van der Waals surface area contributed by atoms with Crippen LogP contribution in [0.5, 0.6) is 0 Å². The van der Waals surface area contributed by atoms with Crippen LogP contribution in [0.1, 0.15) is 30.4 Å². The molecule has 0 unspecified atom stereocenters. The highest BCUT2D eigenvalue weighted by Gasteiger charge is 2.46. The molecule has 26 heavy (non-hydrogen) atoms. The number of rotatable bonds is 6. The molecule has 1 saturated carbocycles. The van der Waals surface area contributed by atoms with E-state index in [-0.39, 0.29) is 30.1 Å². The highest BCUT2D eigenvalue weighted by molar-refractivity contribution is 6.05. The number of carbonyl (C=O) groups is 2. The standard InChI is InChI=1S/C21H21FN2O2/c22-18-9-5-4-8-16(18)14-23(17-10-11-17)19-12-20(25)24(21(19)26)13-15-6-2-1-3-7-15/h1-9,17,19H,10-14H2/t19-/m0/s1. The van der Waals surface area contributed by atoms with Crippen molar-refractivity contribution in [2.24, 2.45) is 0 Å². The van der Waals surface area contributed by atoms with Crippen LogP contribution < -0.4 is 0 Å². The van der Waals surface area contributed by atoms with E-state index in [2.05, 4.69) is 0 Å². The molecule has 1 heterocycles. The Morgan fingerprint density at radius 1 is 1.00 bits per heavy atom. The Kier molecular flexibility index (Phi) is 4.55. The monoisotopic (exact) mass is 352 g/mol. The topological polar surface area (TPSA) is 40.6 Å². The normalized spacial score (nSPS) is 20.2. The van der Waals surface area contributed by atoms with E-state index in [4.69, 9.17) is 0 Å². The van der Waals surface area contributed by atoms with Gasteiger partial charge in [-0.05, 0) is 24.5 Å². The maximum Gasteiger partial charge on any atom is 0.247 e. The Labute approximate surface area is 152 Å². The highest BCUT2D eigenvalue weighted by atomic mass is 19.1. The van der Waals surface area contributed by atoms with E-state index < -0.39 is 6.04 Å². The molecule has 1 aliphatic heterocycles. The third kappa shape index (κ3) is 3.40. The van der Waals surface area contributed by atoms with Gasteiger partial charge in [-0.2, -0.15) is 0 Å². The molecule has 1 saturated heterocycles. The van der Waals surface area contributed by atoms with E-state index in [0.717, 1.165) is 18.4 Å². The Bertz CT molecular complexity index is 820. The first kappa shape index (κ1) is 16.9. The smallest absolute Gasteiger partial charge is 0.247 e. The maximum absolute atomic E-state index is 14.1. The van der Waals surface area contributed by atoms with Crippen LogP contribution in [0, 0.1) is 5.82 Å². The largest absolute Gasteiger partial charge is 0.284 e. The van der Waals surface area contributed by atoms with Gasteiger partial charge >= 0.3 is 0 Å². The van der Waals surface area contributed by atoms with E-state index in [9.17, 15) is 14.0 Å². The van der Waals surface area contributed by atoms with Crippen LogP contribution in [-0.2, 0) is 22.7 Å². The zero-order chi connectivity index (χ0) is 18.1. The Balaban J connectivity index is 1.53. The molecule has 0 N–H and O–H groups in total. The molecular formula is C21H21FN2O2. The van der Waals surface area contributed by atoms with E-state index in [1.807, 2.05) is 35.2 Å². The predicted molar refractivity (Wildman–Crippen MR) is 95.4 cm³/mol. The predicted octanol–water partition coefficient (Wildman–Crippen LogP) is 3.12. The minimum atomic E-state index is -0.488. The van der Waals surface area contributed by atoms with Gasteiger partial charge in [0.25, 0.3) is 0 Å². The second-order valence-corrected chi connectivity index (χ2v) is 7.02. The van der Waals surface area contributed by atoms with Crippen molar-refractivity contribution in [3.8, 4) is 0 Å². The lowest BCUT2D eigenvalue weighted by Crippen LogP contribution is -2.42. The number of nitrogens with zero attached hydrogens (tertiary/aromatic N) is 2. The summed E-state index contributed by atoms with van der Waals surface area (Å²) in [6, 6.07) is 15.9. The van der Waals surface area contributed by atoms with Crippen molar-refractivity contribution in [1.82, 2.24) is 9.80 Å². The number of imide groups is 1. The summed E-state index contributed by atoms with van der Waals surface area (Å²) >= 11 is 0. The van der Waals surface area contributed by atoms with Crippen molar-refractivity contribution in [3.05, 3.63) is 71.5 Å². The molecule has 1 aliphatic carbocycles. The average Bonchev–Trinajstić information content (AvgIpc) is 3.45. The first-order valence-electron chi connectivity index (χ1n) is 9.01. The minimum absolute atomic E-state index is 0.150. The van der Waals surface area contributed by atoms with Gasteiger partial charge in [0.2, 0.25) is 11.8 Å². The molecule has 2 fully saturated rings. The summed E-state index contributed by atoms with van der Waals surface area (Å²) in [4.78, 5) is 28.8. The second-order valence-electron chi connectivity index (χ2n) is 7.02. The fraction of sp³-hybridized carbons (Fsp3) is 0.333. The molecule has 0 radical (unpaired) electrons. The maximum atomic E-state index is 14.1. The Morgan fingerprint density at radius 3 is 2.38 bits per heavy atom. The van der Waals surface area contributed by atoms with Gasteiger partial charge in [-0.25, -0.2) is 4.39 Å². The molecule has 4 rings (SSSR count). The molecule has 0 aromatic heterocycles. The summed E-state index contributed by atoms with van der Waals surface area (Å²) in [6.45, 7) is 0.660. The van der Waals surface area contributed by atoms with E-state index in [1.165, 1.54) is 11.0 Å². The zero-order valence-corrected chi connectivity index (χ0v) is 14.5. The SMILES string of the molecule is O=C1C[C@H](N(Cc2ccccc2F)C2CC2)C(=O)N1Cc1ccccc1. The van der Waals surface area contributed by atoms with Crippen molar-refractivity contribution < 1.29 is 14.0 Å². The minimum Gasteiger partial charge on any atom is -0.284 e. The third-order valence-electron chi connectivity index (χ3n) is 5.13. The number of hydrogen-bond acceptors (Lipinski definition) is 3. The summed E-state index contributed by atoms with van der Waals surface area (Å²) < 4.78 is 14.1. The van der Waals surface area contributed by atoms with Crippen molar-refractivity contribution in [3.63, 3.8) is 0 Å². The fourth-order valence-electron chi connectivity index (χ4n) is 3.58. The molecule has 4 nitrogen and oxygen atoms in total. The first-order chi connectivity index (χ1) is 12.6. The fourth-order valence-corrected chi connectivity index (χ4v) is 3.58. The lowest BCUT2D eigenvalue weighted by molar-refractivity contribution is -0.140. The first-order valence-corrected chi connectivity index (χ1v) is 9.01. The van der Waals surface area contributed by atoms with E-state index in [1.54, 1.807) is 18.2 Å². The molecule has 5 heteroatoms. The molecule has 2 aliphatic rings. The molecule has 0 bridgehead atoms. The quantitative estimate of drug-likeness (QED) is 0.750.